The fourth-order valence-electron chi connectivity index (χ4n) is 2.82. The molecule has 0 aliphatic heterocycles. The fourth-order valence-corrected chi connectivity index (χ4v) is 2.82. The van der Waals surface area contributed by atoms with E-state index in [0.717, 1.165) is 12.8 Å². The van der Waals surface area contributed by atoms with Gasteiger partial charge in [-0.3, -0.25) is 10.1 Å². The van der Waals surface area contributed by atoms with Gasteiger partial charge in [-0.25, -0.2) is 4.79 Å². The molecule has 0 aromatic heterocycles. The molecule has 7 heteroatoms. The van der Waals surface area contributed by atoms with Crippen LogP contribution in [0, 0.1) is 10.1 Å². The Morgan fingerprint density at radius 3 is 2.56 bits per heavy atom. The zero-order valence-corrected chi connectivity index (χ0v) is 13.8. The number of carbonyl (C=O) groups excluding carboxylic acids is 1. The van der Waals surface area contributed by atoms with Crippen molar-refractivity contribution in [3.05, 3.63) is 64.2 Å². The number of hydrogen-bond donors (Lipinski definition) is 2. The first-order valence-corrected chi connectivity index (χ1v) is 7.97. The zero-order chi connectivity index (χ0) is 17.9. The molecule has 3 rings (SSSR count). The number of carbonyl (C=O) groups is 1. The number of hydrogen-bond acceptors (Lipinski definition) is 4. The van der Waals surface area contributed by atoms with Gasteiger partial charge < -0.3 is 15.4 Å². The van der Waals surface area contributed by atoms with Crippen molar-refractivity contribution in [2.24, 2.45) is 0 Å². The number of anilines is 1. The molecular formula is C18H19N3O4. The van der Waals surface area contributed by atoms with Gasteiger partial charge in [-0.05, 0) is 30.5 Å². The number of nitro groups is 1. The summed E-state index contributed by atoms with van der Waals surface area (Å²) in [7, 11) is 1.43. The number of methoxy groups -OCH3 is 1. The van der Waals surface area contributed by atoms with Crippen molar-refractivity contribution in [1.82, 2.24) is 5.32 Å². The second kappa shape index (κ2) is 6.80. The van der Waals surface area contributed by atoms with Crippen molar-refractivity contribution in [3.63, 3.8) is 0 Å². The number of benzene rings is 2. The minimum atomic E-state index is -0.551. The van der Waals surface area contributed by atoms with Crippen LogP contribution in [0.25, 0.3) is 0 Å². The Bertz CT molecular complexity index is 788. The maximum absolute atomic E-state index is 12.2. The van der Waals surface area contributed by atoms with Gasteiger partial charge in [-0.15, -0.1) is 0 Å². The van der Waals surface area contributed by atoms with Crippen LogP contribution in [0.4, 0.5) is 16.2 Å². The number of amides is 2. The van der Waals surface area contributed by atoms with Crippen LogP contribution in [0.1, 0.15) is 18.4 Å². The lowest BCUT2D eigenvalue weighted by atomic mass is 9.96. The number of nitrogens with zero attached hydrogens (tertiary/aromatic N) is 1. The van der Waals surface area contributed by atoms with Gasteiger partial charge >= 0.3 is 6.03 Å². The molecular weight excluding hydrogens is 322 g/mol. The molecule has 7 nitrogen and oxygen atoms in total. The molecule has 1 saturated carbocycles. The first kappa shape index (κ1) is 16.8. The van der Waals surface area contributed by atoms with Gasteiger partial charge in [0.25, 0.3) is 5.69 Å². The predicted molar refractivity (Wildman–Crippen MR) is 94.0 cm³/mol. The van der Waals surface area contributed by atoms with Gasteiger partial charge in [-0.2, -0.15) is 0 Å². The van der Waals surface area contributed by atoms with Gasteiger partial charge in [0, 0.05) is 12.0 Å². The Hall–Kier alpha value is -3.09. The Morgan fingerprint density at radius 2 is 1.96 bits per heavy atom. The van der Waals surface area contributed by atoms with E-state index in [0.29, 0.717) is 12.3 Å². The summed E-state index contributed by atoms with van der Waals surface area (Å²) in [4.78, 5) is 22.8. The average molecular weight is 341 g/mol. The second-order valence-electron chi connectivity index (χ2n) is 6.09. The van der Waals surface area contributed by atoms with Crippen molar-refractivity contribution in [2.45, 2.75) is 18.3 Å². The van der Waals surface area contributed by atoms with Crippen molar-refractivity contribution in [3.8, 4) is 5.75 Å². The predicted octanol–water partition coefficient (Wildman–Crippen LogP) is 3.46. The molecule has 1 fully saturated rings. The third-order valence-electron chi connectivity index (χ3n) is 4.48. The van der Waals surface area contributed by atoms with Crippen LogP contribution in [-0.4, -0.2) is 24.6 Å². The van der Waals surface area contributed by atoms with Crippen LogP contribution in [0.2, 0.25) is 0 Å². The van der Waals surface area contributed by atoms with Crippen LogP contribution in [-0.2, 0) is 5.41 Å². The summed E-state index contributed by atoms with van der Waals surface area (Å²) in [5, 5.41) is 16.5. The molecule has 25 heavy (non-hydrogen) atoms. The summed E-state index contributed by atoms with van der Waals surface area (Å²) in [5.41, 5.74) is 1.10. The number of urea groups is 1. The summed E-state index contributed by atoms with van der Waals surface area (Å²) in [6.45, 7) is 0.493. The van der Waals surface area contributed by atoms with E-state index >= 15 is 0 Å². The molecule has 1 aliphatic carbocycles. The molecule has 2 amide bonds. The molecule has 130 valence electrons. The maximum Gasteiger partial charge on any atom is 0.319 e. The van der Waals surface area contributed by atoms with E-state index in [4.69, 9.17) is 4.74 Å². The first-order chi connectivity index (χ1) is 12.0. The van der Waals surface area contributed by atoms with E-state index < -0.39 is 11.0 Å². The molecule has 1 aliphatic rings. The average Bonchev–Trinajstić information content (AvgIpc) is 3.42. The van der Waals surface area contributed by atoms with Gasteiger partial charge in [0.05, 0.1) is 18.1 Å². The number of nitrogens with one attached hydrogen (secondary N) is 2. The largest absolute Gasteiger partial charge is 0.496 e. The van der Waals surface area contributed by atoms with E-state index in [9.17, 15) is 14.9 Å². The summed E-state index contributed by atoms with van der Waals surface area (Å²) in [5.74, 6) is 0.360. The van der Waals surface area contributed by atoms with Gasteiger partial charge in [-0.1, -0.05) is 30.3 Å². The first-order valence-electron chi connectivity index (χ1n) is 7.97. The normalized spacial score (nSPS) is 14.4. The highest BCUT2D eigenvalue weighted by Crippen LogP contribution is 2.47. The molecule has 0 saturated heterocycles. The summed E-state index contributed by atoms with van der Waals surface area (Å²) in [6.07, 6.45) is 2.03. The minimum Gasteiger partial charge on any atom is -0.496 e. The molecule has 2 aromatic rings. The monoisotopic (exact) mass is 341 g/mol. The van der Waals surface area contributed by atoms with E-state index in [1.807, 2.05) is 18.2 Å². The third-order valence-corrected chi connectivity index (χ3v) is 4.48. The summed E-state index contributed by atoms with van der Waals surface area (Å²) in [6, 6.07) is 13.9. The molecule has 2 aromatic carbocycles. The van der Waals surface area contributed by atoms with Gasteiger partial charge in [0.1, 0.15) is 11.4 Å². The van der Waals surface area contributed by atoms with E-state index in [-0.39, 0.29) is 16.8 Å². The van der Waals surface area contributed by atoms with Crippen molar-refractivity contribution in [1.29, 1.82) is 0 Å². The molecule has 0 unspecified atom stereocenters. The fraction of sp³-hybridized carbons (Fsp3) is 0.278. The topological polar surface area (TPSA) is 93.5 Å². The summed E-state index contributed by atoms with van der Waals surface area (Å²) >= 11 is 0. The zero-order valence-electron chi connectivity index (χ0n) is 13.8. The quantitative estimate of drug-likeness (QED) is 0.621. The molecule has 0 radical (unpaired) electrons. The Kier molecular flexibility index (Phi) is 4.56. The molecule has 0 bridgehead atoms. The molecule has 0 atom stereocenters. The SMILES string of the molecule is COc1ccc(NC(=O)NCC2(c3ccccc3)CC2)c([N+](=O)[O-])c1. The van der Waals surface area contributed by atoms with Crippen molar-refractivity contribution < 1.29 is 14.5 Å². The van der Waals surface area contributed by atoms with Gasteiger partial charge in [0.15, 0.2) is 0 Å². The van der Waals surface area contributed by atoms with Gasteiger partial charge in [0.2, 0.25) is 0 Å². The number of rotatable bonds is 6. The minimum absolute atomic E-state index is 0.0234. The van der Waals surface area contributed by atoms with Crippen LogP contribution in [0.5, 0.6) is 5.75 Å². The Labute approximate surface area is 145 Å². The lowest BCUT2D eigenvalue weighted by Gasteiger charge is -2.17. The van der Waals surface area contributed by atoms with Crippen molar-refractivity contribution >= 4 is 17.4 Å². The number of ether oxygens (including phenoxy) is 1. The standard InChI is InChI=1S/C18H19N3O4/c1-25-14-7-8-15(16(11-14)21(23)24)20-17(22)19-12-18(9-10-18)13-5-3-2-4-6-13/h2-8,11H,9-10,12H2,1H3,(H2,19,20,22). The lowest BCUT2D eigenvalue weighted by Crippen LogP contribution is -2.35. The maximum atomic E-state index is 12.2. The summed E-state index contributed by atoms with van der Waals surface area (Å²) < 4.78 is 4.98. The van der Waals surface area contributed by atoms with Crippen LogP contribution in [0.3, 0.4) is 0 Å². The van der Waals surface area contributed by atoms with Crippen molar-refractivity contribution in [2.75, 3.05) is 19.0 Å². The third kappa shape index (κ3) is 3.71. The lowest BCUT2D eigenvalue weighted by molar-refractivity contribution is -0.384. The number of nitro benzene ring substituents is 1. The van der Waals surface area contributed by atoms with Crippen LogP contribution < -0.4 is 15.4 Å². The molecule has 2 N–H and O–H groups in total. The molecule has 0 heterocycles. The highest BCUT2D eigenvalue weighted by atomic mass is 16.6. The van der Waals surface area contributed by atoms with Crippen LogP contribution >= 0.6 is 0 Å². The Balaban J connectivity index is 1.65. The van der Waals surface area contributed by atoms with E-state index in [1.165, 1.54) is 24.8 Å². The van der Waals surface area contributed by atoms with Crippen LogP contribution in [0.15, 0.2) is 48.5 Å². The second-order valence-corrected chi connectivity index (χ2v) is 6.09. The highest BCUT2D eigenvalue weighted by molar-refractivity contribution is 5.92. The Morgan fingerprint density at radius 1 is 1.24 bits per heavy atom. The van der Waals surface area contributed by atoms with E-state index in [2.05, 4.69) is 22.8 Å². The molecule has 0 spiro atoms. The highest BCUT2D eigenvalue weighted by Gasteiger charge is 2.44. The van der Waals surface area contributed by atoms with E-state index in [1.54, 1.807) is 6.07 Å². The smallest absolute Gasteiger partial charge is 0.319 e.